The monoisotopic (exact) mass is 397 g/mol. The second-order valence-electron chi connectivity index (χ2n) is 6.24. The van der Waals surface area contributed by atoms with Gasteiger partial charge in [-0.1, -0.05) is 0 Å². The second kappa shape index (κ2) is 7.45. The van der Waals surface area contributed by atoms with Crippen LogP contribution in [0.15, 0.2) is 42.5 Å². The lowest BCUT2D eigenvalue weighted by molar-refractivity contribution is -0.384. The fourth-order valence-corrected chi connectivity index (χ4v) is 3.04. The number of amides is 1. The summed E-state index contributed by atoms with van der Waals surface area (Å²) in [6, 6.07) is 7.49. The largest absolute Gasteiger partial charge is 0.416 e. The number of piperazine rings is 1. The molecule has 0 saturated carbocycles. The van der Waals surface area contributed by atoms with E-state index >= 15 is 0 Å². The number of alkyl halides is 3. The van der Waals surface area contributed by atoms with E-state index in [1.165, 1.54) is 29.2 Å². The maximum Gasteiger partial charge on any atom is 0.416 e. The number of hydrogen-bond acceptors (Lipinski definition) is 4. The van der Waals surface area contributed by atoms with Gasteiger partial charge in [0.25, 0.3) is 11.6 Å². The van der Waals surface area contributed by atoms with Crippen molar-refractivity contribution in [1.82, 2.24) is 4.90 Å². The van der Waals surface area contributed by atoms with Gasteiger partial charge >= 0.3 is 6.18 Å². The summed E-state index contributed by atoms with van der Waals surface area (Å²) >= 11 is 0. The minimum absolute atomic E-state index is 0.0758. The summed E-state index contributed by atoms with van der Waals surface area (Å²) in [5.74, 6) is -0.766. The van der Waals surface area contributed by atoms with Gasteiger partial charge in [-0.05, 0) is 36.4 Å². The number of halogens is 4. The van der Waals surface area contributed by atoms with Gasteiger partial charge in [0, 0.05) is 37.8 Å². The van der Waals surface area contributed by atoms with Crippen molar-refractivity contribution in [2.75, 3.05) is 31.1 Å². The van der Waals surface area contributed by atoms with Crippen LogP contribution in [0.1, 0.15) is 15.9 Å². The molecule has 0 N–H and O–H groups in total. The molecule has 0 unspecified atom stereocenters. The van der Waals surface area contributed by atoms with E-state index in [1.807, 2.05) is 0 Å². The molecule has 1 aliphatic heterocycles. The van der Waals surface area contributed by atoms with Crippen LogP contribution in [0, 0.1) is 15.9 Å². The number of nitro benzene ring substituents is 1. The van der Waals surface area contributed by atoms with Crippen LogP contribution < -0.4 is 4.90 Å². The fraction of sp³-hybridized carbons (Fsp3) is 0.278. The number of nitrogens with zero attached hydrogens (tertiary/aromatic N) is 3. The van der Waals surface area contributed by atoms with Crippen LogP contribution >= 0.6 is 0 Å². The zero-order valence-corrected chi connectivity index (χ0v) is 14.4. The normalized spacial score (nSPS) is 14.9. The van der Waals surface area contributed by atoms with Crippen LogP contribution in [0.2, 0.25) is 0 Å². The Morgan fingerprint density at radius 3 is 2.14 bits per heavy atom. The minimum atomic E-state index is -4.68. The van der Waals surface area contributed by atoms with E-state index < -0.39 is 28.2 Å². The van der Waals surface area contributed by atoms with Gasteiger partial charge in [0.05, 0.1) is 10.5 Å². The Morgan fingerprint density at radius 2 is 1.61 bits per heavy atom. The molecule has 2 aromatic carbocycles. The predicted octanol–water partition coefficient (Wildman–Crippen LogP) is 3.72. The summed E-state index contributed by atoms with van der Waals surface area (Å²) in [7, 11) is 0. The predicted molar refractivity (Wildman–Crippen MR) is 92.6 cm³/mol. The number of benzene rings is 2. The third-order valence-corrected chi connectivity index (χ3v) is 4.50. The molecule has 1 heterocycles. The average molecular weight is 397 g/mol. The molecule has 0 bridgehead atoms. The van der Waals surface area contributed by atoms with Crippen molar-refractivity contribution in [3.05, 3.63) is 69.5 Å². The standard InChI is InChI=1S/C18H15F4N3O3/c19-14-4-1-12(2-5-14)17(26)24-9-7-23(8-10-24)15-6-3-13(18(20,21)22)11-16(15)25(27)28/h1-6,11H,7-10H2. The van der Waals surface area contributed by atoms with E-state index in [4.69, 9.17) is 0 Å². The molecule has 0 radical (unpaired) electrons. The van der Waals surface area contributed by atoms with Gasteiger partial charge in [0.1, 0.15) is 11.5 Å². The van der Waals surface area contributed by atoms with Crippen molar-refractivity contribution in [2.24, 2.45) is 0 Å². The Kier molecular flexibility index (Phi) is 5.21. The van der Waals surface area contributed by atoms with E-state index in [2.05, 4.69) is 0 Å². The van der Waals surface area contributed by atoms with E-state index in [1.54, 1.807) is 4.90 Å². The number of nitro groups is 1. The zero-order chi connectivity index (χ0) is 20.5. The van der Waals surface area contributed by atoms with Crippen LogP contribution in [0.5, 0.6) is 0 Å². The lowest BCUT2D eigenvalue weighted by Gasteiger charge is -2.36. The first-order valence-electron chi connectivity index (χ1n) is 8.32. The van der Waals surface area contributed by atoms with Gasteiger partial charge in [0.15, 0.2) is 0 Å². The van der Waals surface area contributed by atoms with Gasteiger partial charge < -0.3 is 9.80 Å². The molecule has 28 heavy (non-hydrogen) atoms. The van der Waals surface area contributed by atoms with Crippen molar-refractivity contribution in [3.8, 4) is 0 Å². The average Bonchev–Trinajstić information content (AvgIpc) is 2.67. The molecule has 3 rings (SSSR count). The molecule has 0 aromatic heterocycles. The molecule has 2 aromatic rings. The smallest absolute Gasteiger partial charge is 0.362 e. The highest BCUT2D eigenvalue weighted by molar-refractivity contribution is 5.94. The highest BCUT2D eigenvalue weighted by atomic mass is 19.4. The van der Waals surface area contributed by atoms with Gasteiger partial charge in [0.2, 0.25) is 0 Å². The lowest BCUT2D eigenvalue weighted by Crippen LogP contribution is -2.49. The van der Waals surface area contributed by atoms with Crippen LogP contribution in [-0.2, 0) is 6.18 Å². The molecule has 0 spiro atoms. The molecule has 10 heteroatoms. The number of carbonyl (C=O) groups is 1. The van der Waals surface area contributed by atoms with E-state index in [9.17, 15) is 32.5 Å². The first kappa shape index (κ1) is 19.6. The molecule has 0 atom stereocenters. The van der Waals surface area contributed by atoms with Gasteiger partial charge in [-0.2, -0.15) is 13.2 Å². The number of hydrogen-bond donors (Lipinski definition) is 0. The number of anilines is 1. The summed E-state index contributed by atoms with van der Waals surface area (Å²) in [4.78, 5) is 25.9. The molecule has 1 aliphatic rings. The van der Waals surface area contributed by atoms with E-state index in [0.29, 0.717) is 11.6 Å². The summed E-state index contributed by atoms with van der Waals surface area (Å²) in [5, 5.41) is 11.2. The third-order valence-electron chi connectivity index (χ3n) is 4.50. The minimum Gasteiger partial charge on any atom is -0.362 e. The molecule has 1 fully saturated rings. The Bertz CT molecular complexity index is 892. The van der Waals surface area contributed by atoms with Gasteiger partial charge in [-0.3, -0.25) is 14.9 Å². The van der Waals surface area contributed by atoms with Crippen molar-refractivity contribution in [1.29, 1.82) is 0 Å². The maximum atomic E-state index is 13.0. The Hall–Kier alpha value is -3.17. The first-order chi connectivity index (χ1) is 13.2. The third kappa shape index (κ3) is 4.05. The summed E-state index contributed by atoms with van der Waals surface area (Å²) < 4.78 is 51.5. The highest BCUT2D eigenvalue weighted by Gasteiger charge is 2.34. The summed E-state index contributed by atoms with van der Waals surface area (Å²) in [6.07, 6.45) is -4.68. The van der Waals surface area contributed by atoms with Crippen molar-refractivity contribution in [2.45, 2.75) is 6.18 Å². The molecular formula is C18H15F4N3O3. The first-order valence-corrected chi connectivity index (χ1v) is 8.32. The lowest BCUT2D eigenvalue weighted by atomic mass is 10.1. The van der Waals surface area contributed by atoms with Crippen molar-refractivity contribution >= 4 is 17.3 Å². The molecular weight excluding hydrogens is 382 g/mol. The van der Waals surface area contributed by atoms with Gasteiger partial charge in [-0.25, -0.2) is 4.39 Å². The van der Waals surface area contributed by atoms with Crippen LogP contribution in [0.3, 0.4) is 0 Å². The molecule has 0 aliphatic carbocycles. The Morgan fingerprint density at radius 1 is 1.00 bits per heavy atom. The van der Waals surface area contributed by atoms with Crippen LogP contribution in [-0.4, -0.2) is 41.9 Å². The Balaban J connectivity index is 1.75. The summed E-state index contributed by atoms with van der Waals surface area (Å²) in [6.45, 7) is 0.904. The van der Waals surface area contributed by atoms with E-state index in [-0.39, 0.29) is 37.8 Å². The topological polar surface area (TPSA) is 66.7 Å². The van der Waals surface area contributed by atoms with E-state index in [0.717, 1.165) is 12.1 Å². The van der Waals surface area contributed by atoms with Crippen LogP contribution in [0.25, 0.3) is 0 Å². The number of rotatable bonds is 3. The Labute approximate surface area is 157 Å². The summed E-state index contributed by atoms with van der Waals surface area (Å²) in [5.41, 5.74) is -1.33. The fourth-order valence-electron chi connectivity index (χ4n) is 3.04. The molecule has 148 valence electrons. The maximum absolute atomic E-state index is 13.0. The SMILES string of the molecule is O=C(c1ccc(F)cc1)N1CCN(c2ccc(C(F)(F)F)cc2[N+](=O)[O-])CC1. The van der Waals surface area contributed by atoms with Crippen molar-refractivity contribution in [3.63, 3.8) is 0 Å². The van der Waals surface area contributed by atoms with Crippen LogP contribution in [0.4, 0.5) is 28.9 Å². The zero-order valence-electron chi connectivity index (χ0n) is 14.4. The quantitative estimate of drug-likeness (QED) is 0.450. The second-order valence-corrected chi connectivity index (χ2v) is 6.24. The molecule has 1 amide bonds. The highest BCUT2D eigenvalue weighted by Crippen LogP contribution is 2.36. The molecule has 6 nitrogen and oxygen atoms in total. The van der Waals surface area contributed by atoms with Gasteiger partial charge in [-0.15, -0.1) is 0 Å². The van der Waals surface area contributed by atoms with Crippen molar-refractivity contribution < 1.29 is 27.3 Å². The number of carbonyl (C=O) groups excluding carboxylic acids is 1. The molecule has 1 saturated heterocycles.